The minimum atomic E-state index is 0.810. The Morgan fingerprint density at radius 2 is 1.79 bits per heavy atom. The van der Waals surface area contributed by atoms with Crippen molar-refractivity contribution in [1.29, 1.82) is 0 Å². The first-order valence-corrected chi connectivity index (χ1v) is 5.35. The number of hydrogen-bond acceptors (Lipinski definition) is 2. The lowest BCUT2D eigenvalue weighted by atomic mass is 10.3. The maximum absolute atomic E-state index is 5.63. The molecule has 1 aromatic rings. The molecule has 14 heavy (non-hydrogen) atoms. The van der Waals surface area contributed by atoms with E-state index in [1.165, 1.54) is 25.9 Å². The maximum atomic E-state index is 5.63. The summed E-state index contributed by atoms with van der Waals surface area (Å²) in [6.07, 6.45) is 2.71. The molecule has 1 aromatic carbocycles. The first-order valence-electron chi connectivity index (χ1n) is 5.35. The van der Waals surface area contributed by atoms with Crippen LogP contribution in [0.3, 0.4) is 0 Å². The molecule has 0 bridgehead atoms. The van der Waals surface area contributed by atoms with Crippen molar-refractivity contribution >= 4 is 0 Å². The number of hydrogen-bond donors (Lipinski definition) is 0. The molecule has 1 saturated heterocycles. The van der Waals surface area contributed by atoms with Crippen LogP contribution in [0.2, 0.25) is 0 Å². The second-order valence-corrected chi connectivity index (χ2v) is 3.71. The Hall–Kier alpha value is -1.02. The molecule has 0 saturated carbocycles. The lowest BCUT2D eigenvalue weighted by Crippen LogP contribution is -2.25. The van der Waals surface area contributed by atoms with Gasteiger partial charge >= 0.3 is 0 Å². The summed E-state index contributed by atoms with van der Waals surface area (Å²) in [5.41, 5.74) is 0. The number of para-hydroxylation sites is 1. The van der Waals surface area contributed by atoms with E-state index in [2.05, 4.69) is 4.90 Å². The molecule has 1 fully saturated rings. The van der Waals surface area contributed by atoms with Crippen molar-refractivity contribution in [3.63, 3.8) is 0 Å². The quantitative estimate of drug-likeness (QED) is 0.723. The summed E-state index contributed by atoms with van der Waals surface area (Å²) in [6, 6.07) is 10.0. The molecule has 76 valence electrons. The van der Waals surface area contributed by atoms with Crippen LogP contribution in [-0.2, 0) is 0 Å². The number of nitrogens with zero attached hydrogens (tertiary/aromatic N) is 1. The van der Waals surface area contributed by atoms with E-state index in [0.717, 1.165) is 18.9 Å². The standard InChI is InChI=1S/C12H17NO/c1-2-6-12(7-3-1)14-11-10-13-8-4-5-9-13/h1-3,6-7H,4-5,8-11H2. The zero-order chi connectivity index (χ0) is 9.64. The Bertz CT molecular complexity index is 254. The van der Waals surface area contributed by atoms with Gasteiger partial charge in [-0.25, -0.2) is 0 Å². The highest BCUT2D eigenvalue weighted by Crippen LogP contribution is 2.09. The Labute approximate surface area is 85.5 Å². The monoisotopic (exact) mass is 191 g/mol. The molecule has 1 aliphatic rings. The largest absolute Gasteiger partial charge is 0.492 e. The normalized spacial score (nSPS) is 17.1. The van der Waals surface area contributed by atoms with Gasteiger partial charge in [0.25, 0.3) is 0 Å². The molecule has 0 radical (unpaired) electrons. The van der Waals surface area contributed by atoms with Gasteiger partial charge in [0.15, 0.2) is 0 Å². The van der Waals surface area contributed by atoms with Crippen LogP contribution in [0.5, 0.6) is 5.75 Å². The topological polar surface area (TPSA) is 12.5 Å². The van der Waals surface area contributed by atoms with E-state index in [1.54, 1.807) is 0 Å². The summed E-state index contributed by atoms with van der Waals surface area (Å²) in [5, 5.41) is 0. The molecule has 1 aliphatic heterocycles. The first kappa shape index (κ1) is 9.53. The maximum Gasteiger partial charge on any atom is 0.119 e. The summed E-state index contributed by atoms with van der Waals surface area (Å²) in [7, 11) is 0. The zero-order valence-corrected chi connectivity index (χ0v) is 8.48. The van der Waals surface area contributed by atoms with Gasteiger partial charge in [0.2, 0.25) is 0 Å². The lowest BCUT2D eigenvalue weighted by Gasteiger charge is -2.14. The van der Waals surface area contributed by atoms with Gasteiger partial charge in [0.05, 0.1) is 0 Å². The van der Waals surface area contributed by atoms with Crippen LogP contribution in [-0.4, -0.2) is 31.1 Å². The van der Waals surface area contributed by atoms with Crippen LogP contribution in [0.15, 0.2) is 30.3 Å². The Morgan fingerprint density at radius 3 is 2.50 bits per heavy atom. The van der Waals surface area contributed by atoms with Gasteiger partial charge in [0, 0.05) is 6.54 Å². The Kier molecular flexibility index (Phi) is 3.41. The van der Waals surface area contributed by atoms with Crippen LogP contribution >= 0.6 is 0 Å². The second-order valence-electron chi connectivity index (χ2n) is 3.71. The fourth-order valence-corrected chi connectivity index (χ4v) is 1.82. The minimum absolute atomic E-state index is 0.810. The summed E-state index contributed by atoms with van der Waals surface area (Å²) in [4.78, 5) is 2.46. The number of rotatable bonds is 4. The van der Waals surface area contributed by atoms with Gasteiger partial charge in [-0.15, -0.1) is 0 Å². The smallest absolute Gasteiger partial charge is 0.119 e. The van der Waals surface area contributed by atoms with Gasteiger partial charge in [0.1, 0.15) is 12.4 Å². The molecule has 0 atom stereocenters. The summed E-state index contributed by atoms with van der Waals surface area (Å²) in [6.45, 7) is 4.37. The highest BCUT2D eigenvalue weighted by atomic mass is 16.5. The highest BCUT2D eigenvalue weighted by Gasteiger charge is 2.10. The fraction of sp³-hybridized carbons (Fsp3) is 0.500. The predicted molar refractivity (Wildman–Crippen MR) is 57.6 cm³/mol. The fourth-order valence-electron chi connectivity index (χ4n) is 1.82. The molecule has 0 N–H and O–H groups in total. The van der Waals surface area contributed by atoms with Crippen LogP contribution in [0, 0.1) is 0 Å². The molecule has 0 spiro atoms. The molecule has 2 nitrogen and oxygen atoms in total. The zero-order valence-electron chi connectivity index (χ0n) is 8.48. The van der Waals surface area contributed by atoms with Crippen molar-refractivity contribution in [3.8, 4) is 5.75 Å². The van der Waals surface area contributed by atoms with Gasteiger partial charge in [-0.05, 0) is 38.1 Å². The van der Waals surface area contributed by atoms with Crippen LogP contribution < -0.4 is 4.74 Å². The molecular weight excluding hydrogens is 174 g/mol. The average molecular weight is 191 g/mol. The molecule has 0 amide bonds. The number of benzene rings is 1. The van der Waals surface area contributed by atoms with Crippen molar-refractivity contribution < 1.29 is 4.74 Å². The van der Waals surface area contributed by atoms with Gasteiger partial charge < -0.3 is 4.74 Å². The molecular formula is C12H17NO. The highest BCUT2D eigenvalue weighted by molar-refractivity contribution is 5.20. The molecule has 1 heterocycles. The van der Waals surface area contributed by atoms with Crippen molar-refractivity contribution in [2.24, 2.45) is 0 Å². The number of ether oxygens (including phenoxy) is 1. The Morgan fingerprint density at radius 1 is 1.07 bits per heavy atom. The third-order valence-corrected chi connectivity index (χ3v) is 2.62. The molecule has 2 rings (SSSR count). The van der Waals surface area contributed by atoms with E-state index in [9.17, 15) is 0 Å². The van der Waals surface area contributed by atoms with Crippen molar-refractivity contribution in [2.45, 2.75) is 12.8 Å². The number of likely N-dealkylation sites (tertiary alicyclic amines) is 1. The van der Waals surface area contributed by atoms with E-state index in [-0.39, 0.29) is 0 Å². The van der Waals surface area contributed by atoms with Crippen LogP contribution in [0.4, 0.5) is 0 Å². The van der Waals surface area contributed by atoms with E-state index in [0.29, 0.717) is 0 Å². The molecule has 0 unspecified atom stereocenters. The second kappa shape index (κ2) is 5.01. The van der Waals surface area contributed by atoms with Gasteiger partial charge in [-0.3, -0.25) is 4.90 Å². The SMILES string of the molecule is c1ccc(OCCN2CCCC2)cc1. The molecule has 2 heteroatoms. The van der Waals surface area contributed by atoms with Crippen molar-refractivity contribution in [1.82, 2.24) is 4.90 Å². The summed E-state index contributed by atoms with van der Waals surface area (Å²) in [5.74, 6) is 0.978. The average Bonchev–Trinajstić information content (AvgIpc) is 2.72. The molecule has 0 aromatic heterocycles. The van der Waals surface area contributed by atoms with Gasteiger partial charge in [-0.1, -0.05) is 18.2 Å². The van der Waals surface area contributed by atoms with Gasteiger partial charge in [-0.2, -0.15) is 0 Å². The molecule has 0 aliphatic carbocycles. The van der Waals surface area contributed by atoms with Crippen molar-refractivity contribution in [2.75, 3.05) is 26.2 Å². The minimum Gasteiger partial charge on any atom is -0.492 e. The van der Waals surface area contributed by atoms with E-state index < -0.39 is 0 Å². The van der Waals surface area contributed by atoms with Crippen LogP contribution in [0.1, 0.15) is 12.8 Å². The van der Waals surface area contributed by atoms with E-state index in [1.807, 2.05) is 30.3 Å². The van der Waals surface area contributed by atoms with E-state index in [4.69, 9.17) is 4.74 Å². The van der Waals surface area contributed by atoms with Crippen LogP contribution in [0.25, 0.3) is 0 Å². The first-order chi connectivity index (χ1) is 6.95. The summed E-state index contributed by atoms with van der Waals surface area (Å²) < 4.78 is 5.63. The third kappa shape index (κ3) is 2.74. The Balaban J connectivity index is 1.67. The van der Waals surface area contributed by atoms with Crippen molar-refractivity contribution in [3.05, 3.63) is 30.3 Å². The van der Waals surface area contributed by atoms with E-state index >= 15 is 0 Å². The summed E-state index contributed by atoms with van der Waals surface area (Å²) >= 11 is 0. The lowest BCUT2D eigenvalue weighted by molar-refractivity contribution is 0.238. The third-order valence-electron chi connectivity index (χ3n) is 2.62. The predicted octanol–water partition coefficient (Wildman–Crippen LogP) is 2.16.